The predicted octanol–water partition coefficient (Wildman–Crippen LogP) is 2.27. The third kappa shape index (κ3) is 3.49. The van der Waals surface area contributed by atoms with Crippen LogP contribution < -0.4 is 5.32 Å². The van der Waals surface area contributed by atoms with Crippen molar-refractivity contribution in [3.8, 4) is 0 Å². The first-order valence-electron chi connectivity index (χ1n) is 5.92. The summed E-state index contributed by atoms with van der Waals surface area (Å²) in [4.78, 5) is 10.9. The van der Waals surface area contributed by atoms with Crippen molar-refractivity contribution < 1.29 is 9.90 Å². The van der Waals surface area contributed by atoms with E-state index >= 15 is 0 Å². The Kier molecular flexibility index (Phi) is 4.14. The van der Waals surface area contributed by atoms with Crippen LogP contribution >= 0.6 is 0 Å². The second-order valence-electron chi connectivity index (χ2n) is 5.33. The average Bonchev–Trinajstić information content (AvgIpc) is 2.16. The van der Waals surface area contributed by atoms with E-state index in [4.69, 9.17) is 5.11 Å². The highest BCUT2D eigenvalue weighted by molar-refractivity contribution is 5.77. The van der Waals surface area contributed by atoms with Gasteiger partial charge in [-0.2, -0.15) is 0 Å². The lowest BCUT2D eigenvalue weighted by atomic mass is 9.80. The number of nitrogens with one attached hydrogen (secondary N) is 1. The Labute approximate surface area is 92.3 Å². The molecule has 2 N–H and O–H groups in total. The zero-order valence-corrected chi connectivity index (χ0v) is 10.0. The molecular weight excluding hydrogens is 190 g/mol. The Morgan fingerprint density at radius 3 is 2.53 bits per heavy atom. The van der Waals surface area contributed by atoms with E-state index in [0.29, 0.717) is 5.92 Å². The summed E-state index contributed by atoms with van der Waals surface area (Å²) >= 11 is 0. The first-order chi connectivity index (χ1) is 6.93. The van der Waals surface area contributed by atoms with Gasteiger partial charge >= 0.3 is 5.97 Å². The summed E-state index contributed by atoms with van der Waals surface area (Å²) in [5.74, 6) is 0.610. The summed E-state index contributed by atoms with van der Waals surface area (Å²) in [7, 11) is 0. The molecule has 0 aromatic heterocycles. The summed E-state index contributed by atoms with van der Waals surface area (Å²) in [5.41, 5.74) is -0.794. The molecule has 3 nitrogen and oxygen atoms in total. The van der Waals surface area contributed by atoms with Gasteiger partial charge in [0.2, 0.25) is 0 Å². The molecule has 0 aromatic carbocycles. The molecule has 2 atom stereocenters. The van der Waals surface area contributed by atoms with Crippen LogP contribution in [0.4, 0.5) is 0 Å². The van der Waals surface area contributed by atoms with Crippen molar-refractivity contribution in [3.63, 3.8) is 0 Å². The zero-order chi connectivity index (χ0) is 11.5. The Bertz CT molecular complexity index is 226. The zero-order valence-electron chi connectivity index (χ0n) is 10.0. The number of carboxylic acids is 1. The second kappa shape index (κ2) is 4.97. The van der Waals surface area contributed by atoms with Crippen molar-refractivity contribution in [1.82, 2.24) is 5.32 Å². The Hall–Kier alpha value is -0.570. The minimum Gasteiger partial charge on any atom is -0.480 e. The maximum Gasteiger partial charge on any atom is 0.323 e. The topological polar surface area (TPSA) is 49.3 Å². The monoisotopic (exact) mass is 213 g/mol. The van der Waals surface area contributed by atoms with Crippen LogP contribution in [0, 0.1) is 11.8 Å². The number of hydrogen-bond acceptors (Lipinski definition) is 2. The molecule has 0 aromatic rings. The van der Waals surface area contributed by atoms with Crippen molar-refractivity contribution in [1.29, 1.82) is 0 Å². The van der Waals surface area contributed by atoms with Gasteiger partial charge in [0, 0.05) is 0 Å². The molecule has 1 aliphatic rings. The van der Waals surface area contributed by atoms with Crippen molar-refractivity contribution in [3.05, 3.63) is 0 Å². The summed E-state index contributed by atoms with van der Waals surface area (Å²) in [5, 5.41) is 12.1. The van der Waals surface area contributed by atoms with Gasteiger partial charge in [0.25, 0.3) is 0 Å². The standard InChI is InChI=1S/C12H23NO2/c1-9-6-4-5-7-10(9)8-13-12(2,3)11(14)15/h9-10,13H,4-8H2,1-3H3,(H,14,15). The molecule has 3 heteroatoms. The van der Waals surface area contributed by atoms with Gasteiger partial charge in [0.05, 0.1) is 0 Å². The lowest BCUT2D eigenvalue weighted by Gasteiger charge is -2.31. The Morgan fingerprint density at radius 1 is 1.40 bits per heavy atom. The molecule has 0 amide bonds. The number of hydrogen-bond donors (Lipinski definition) is 2. The Balaban J connectivity index is 2.38. The van der Waals surface area contributed by atoms with Crippen LogP contribution in [0.1, 0.15) is 46.5 Å². The molecule has 1 saturated carbocycles. The fraction of sp³-hybridized carbons (Fsp3) is 0.917. The smallest absolute Gasteiger partial charge is 0.323 e. The first-order valence-corrected chi connectivity index (χ1v) is 5.92. The highest BCUT2D eigenvalue weighted by Gasteiger charge is 2.29. The van der Waals surface area contributed by atoms with E-state index in [9.17, 15) is 4.79 Å². The largest absolute Gasteiger partial charge is 0.480 e. The van der Waals surface area contributed by atoms with Gasteiger partial charge in [0.1, 0.15) is 5.54 Å². The van der Waals surface area contributed by atoms with Crippen LogP contribution in [-0.2, 0) is 4.79 Å². The summed E-state index contributed by atoms with van der Waals surface area (Å²) < 4.78 is 0. The highest BCUT2D eigenvalue weighted by atomic mass is 16.4. The number of aliphatic carboxylic acids is 1. The van der Waals surface area contributed by atoms with Crippen LogP contribution in [0.2, 0.25) is 0 Å². The van der Waals surface area contributed by atoms with Gasteiger partial charge in [-0.1, -0.05) is 26.2 Å². The van der Waals surface area contributed by atoms with Crippen LogP contribution in [0.25, 0.3) is 0 Å². The minimum absolute atomic E-state index is 0.650. The van der Waals surface area contributed by atoms with E-state index < -0.39 is 11.5 Å². The van der Waals surface area contributed by atoms with E-state index in [1.54, 1.807) is 13.8 Å². The maximum atomic E-state index is 10.9. The van der Waals surface area contributed by atoms with Gasteiger partial charge in [-0.25, -0.2) is 0 Å². The number of rotatable bonds is 4. The average molecular weight is 213 g/mol. The van der Waals surface area contributed by atoms with E-state index in [2.05, 4.69) is 12.2 Å². The third-order valence-corrected chi connectivity index (χ3v) is 3.63. The van der Waals surface area contributed by atoms with Crippen LogP contribution in [0.5, 0.6) is 0 Å². The fourth-order valence-corrected chi connectivity index (χ4v) is 2.16. The van der Waals surface area contributed by atoms with Crippen molar-refractivity contribution in [2.45, 2.75) is 52.0 Å². The molecule has 1 rings (SSSR count). The van der Waals surface area contributed by atoms with E-state index in [1.165, 1.54) is 25.7 Å². The van der Waals surface area contributed by atoms with Gasteiger partial charge in [-0.05, 0) is 38.6 Å². The van der Waals surface area contributed by atoms with Crippen LogP contribution in [-0.4, -0.2) is 23.2 Å². The quantitative estimate of drug-likeness (QED) is 0.753. The molecule has 1 aliphatic carbocycles. The minimum atomic E-state index is -0.794. The fourth-order valence-electron chi connectivity index (χ4n) is 2.16. The molecule has 0 saturated heterocycles. The van der Waals surface area contributed by atoms with E-state index in [-0.39, 0.29) is 0 Å². The Morgan fingerprint density at radius 2 is 2.00 bits per heavy atom. The molecule has 15 heavy (non-hydrogen) atoms. The van der Waals surface area contributed by atoms with Crippen molar-refractivity contribution >= 4 is 5.97 Å². The molecule has 2 unspecified atom stereocenters. The number of carboxylic acid groups (broad SMARTS) is 1. The van der Waals surface area contributed by atoms with Crippen molar-refractivity contribution in [2.75, 3.05) is 6.54 Å². The molecule has 0 heterocycles. The second-order valence-corrected chi connectivity index (χ2v) is 5.33. The van der Waals surface area contributed by atoms with Crippen LogP contribution in [0.3, 0.4) is 0 Å². The molecular formula is C12H23NO2. The molecule has 1 fully saturated rings. The van der Waals surface area contributed by atoms with E-state index in [0.717, 1.165) is 12.5 Å². The van der Waals surface area contributed by atoms with Gasteiger partial charge in [-0.15, -0.1) is 0 Å². The summed E-state index contributed by atoms with van der Waals surface area (Å²) in [6, 6.07) is 0. The van der Waals surface area contributed by atoms with Gasteiger partial charge in [0.15, 0.2) is 0 Å². The normalized spacial score (nSPS) is 27.7. The van der Waals surface area contributed by atoms with E-state index in [1.807, 2.05) is 0 Å². The number of carbonyl (C=O) groups is 1. The highest BCUT2D eigenvalue weighted by Crippen LogP contribution is 2.29. The summed E-state index contributed by atoms with van der Waals surface area (Å²) in [6.45, 7) is 6.56. The van der Waals surface area contributed by atoms with Crippen molar-refractivity contribution in [2.24, 2.45) is 11.8 Å². The molecule has 0 spiro atoms. The third-order valence-electron chi connectivity index (χ3n) is 3.63. The molecule has 0 radical (unpaired) electrons. The molecule has 0 aliphatic heterocycles. The van der Waals surface area contributed by atoms with Gasteiger partial charge < -0.3 is 10.4 Å². The maximum absolute atomic E-state index is 10.9. The SMILES string of the molecule is CC1CCCCC1CNC(C)(C)C(=O)O. The summed E-state index contributed by atoms with van der Waals surface area (Å²) in [6.07, 6.45) is 5.16. The van der Waals surface area contributed by atoms with Gasteiger partial charge in [-0.3, -0.25) is 4.79 Å². The lowest BCUT2D eigenvalue weighted by molar-refractivity contribution is -0.143. The van der Waals surface area contributed by atoms with Crippen LogP contribution in [0.15, 0.2) is 0 Å². The lowest BCUT2D eigenvalue weighted by Crippen LogP contribution is -2.49. The molecule has 88 valence electrons. The first kappa shape index (κ1) is 12.5. The predicted molar refractivity (Wildman–Crippen MR) is 60.8 cm³/mol. The molecule has 0 bridgehead atoms.